The molecule has 0 aliphatic heterocycles. The first-order valence-corrected chi connectivity index (χ1v) is 15.9. The molecule has 3 N–H and O–H groups in total. The summed E-state index contributed by atoms with van der Waals surface area (Å²) in [4.78, 5) is 16.9. The molecule has 42 heavy (non-hydrogen) atoms. The summed E-state index contributed by atoms with van der Waals surface area (Å²) in [6.07, 6.45) is 10.3. The molecule has 5 rings (SSSR count). The molecular formula is C30H37N7O4S. The van der Waals surface area contributed by atoms with Crippen molar-refractivity contribution in [3.05, 3.63) is 94.7 Å². The van der Waals surface area contributed by atoms with Gasteiger partial charge in [-0.15, -0.1) is 0 Å². The van der Waals surface area contributed by atoms with Gasteiger partial charge in [-0.25, -0.2) is 13.2 Å². The van der Waals surface area contributed by atoms with Crippen molar-refractivity contribution < 1.29 is 13.5 Å². The van der Waals surface area contributed by atoms with Gasteiger partial charge in [0.1, 0.15) is 0 Å². The molecule has 1 fully saturated rings. The smallest absolute Gasteiger partial charge is 0.368 e. The van der Waals surface area contributed by atoms with Crippen LogP contribution < -0.4 is 15.7 Å². The predicted molar refractivity (Wildman–Crippen MR) is 160 cm³/mol. The molecular weight excluding hydrogens is 554 g/mol. The maximum atomic E-state index is 13.2. The monoisotopic (exact) mass is 591 g/mol. The maximum absolute atomic E-state index is 13.2. The van der Waals surface area contributed by atoms with E-state index in [0.29, 0.717) is 37.4 Å². The normalized spacial score (nSPS) is 14.7. The van der Waals surface area contributed by atoms with Crippen LogP contribution in [-0.2, 0) is 23.0 Å². The molecule has 1 saturated carbocycles. The Morgan fingerprint density at radius 1 is 1.00 bits per heavy atom. The predicted octanol–water partition coefficient (Wildman–Crippen LogP) is 3.46. The number of aromatic nitrogens is 5. The van der Waals surface area contributed by atoms with Gasteiger partial charge in [-0.3, -0.25) is 9.71 Å². The molecule has 222 valence electrons. The number of sulfonamides is 1. The molecule has 2 heterocycles. The van der Waals surface area contributed by atoms with Crippen molar-refractivity contribution in [3.63, 3.8) is 0 Å². The van der Waals surface area contributed by atoms with E-state index >= 15 is 0 Å². The molecule has 12 heteroatoms. The Labute approximate surface area is 245 Å². The highest BCUT2D eigenvalue weighted by Crippen LogP contribution is 2.28. The lowest BCUT2D eigenvalue weighted by Gasteiger charge is -2.14. The Morgan fingerprint density at radius 3 is 2.55 bits per heavy atom. The van der Waals surface area contributed by atoms with Crippen molar-refractivity contribution in [2.45, 2.75) is 62.5 Å². The van der Waals surface area contributed by atoms with Crippen molar-refractivity contribution in [2.24, 2.45) is 5.92 Å². The number of para-hydroxylation sites is 1. The summed E-state index contributed by atoms with van der Waals surface area (Å²) in [5.41, 5.74) is 2.13. The lowest BCUT2D eigenvalue weighted by molar-refractivity contribution is 0.174. The van der Waals surface area contributed by atoms with Crippen LogP contribution >= 0.6 is 0 Å². The Balaban J connectivity index is 1.17. The van der Waals surface area contributed by atoms with Gasteiger partial charge in [0.25, 0.3) is 10.0 Å². The summed E-state index contributed by atoms with van der Waals surface area (Å²) >= 11 is 0. The quantitative estimate of drug-likeness (QED) is 0.189. The van der Waals surface area contributed by atoms with Crippen LogP contribution in [0.5, 0.6) is 0 Å². The number of pyridine rings is 1. The van der Waals surface area contributed by atoms with Gasteiger partial charge in [-0.1, -0.05) is 49.9 Å². The van der Waals surface area contributed by atoms with E-state index in [-0.39, 0.29) is 10.6 Å². The van der Waals surface area contributed by atoms with Gasteiger partial charge in [-0.2, -0.15) is 9.36 Å². The van der Waals surface area contributed by atoms with Gasteiger partial charge in [0, 0.05) is 31.0 Å². The number of hydrogen-bond acceptors (Lipinski definition) is 8. The van der Waals surface area contributed by atoms with Gasteiger partial charge in [0.05, 0.1) is 22.4 Å². The Kier molecular flexibility index (Phi) is 9.78. The molecule has 2 aromatic carbocycles. The van der Waals surface area contributed by atoms with Gasteiger partial charge >= 0.3 is 5.69 Å². The summed E-state index contributed by atoms with van der Waals surface area (Å²) in [6, 6.07) is 16.8. The van der Waals surface area contributed by atoms with E-state index < -0.39 is 16.1 Å². The summed E-state index contributed by atoms with van der Waals surface area (Å²) in [5, 5.41) is 21.5. The number of tetrazole rings is 1. The highest BCUT2D eigenvalue weighted by molar-refractivity contribution is 7.92. The molecule has 0 saturated heterocycles. The van der Waals surface area contributed by atoms with Gasteiger partial charge in [0.15, 0.2) is 0 Å². The average Bonchev–Trinajstić information content (AvgIpc) is 3.66. The largest absolute Gasteiger partial charge is 0.387 e. The van der Waals surface area contributed by atoms with Crippen molar-refractivity contribution in [1.82, 2.24) is 30.1 Å². The van der Waals surface area contributed by atoms with Crippen LogP contribution in [0.3, 0.4) is 0 Å². The lowest BCUT2D eigenvalue weighted by atomic mass is 10.0. The standard InChI is InChI=1S/C30H37N7O4S/c38-29(25-11-5-18-31-21-25)22-32-19-17-24-10-3-4-12-28(24)33-42(40,41)27-15-13-26(14-16-27)37-30(39)36(34-35-37)20-6-9-23-7-1-2-8-23/h3-5,10-16,18,21,23,29,32-33,38H,1-2,6-9,17,19-20,22H2. The summed E-state index contributed by atoms with van der Waals surface area (Å²) < 4.78 is 31.7. The minimum absolute atomic E-state index is 0.0655. The highest BCUT2D eigenvalue weighted by atomic mass is 32.2. The number of benzene rings is 2. The minimum atomic E-state index is -3.89. The lowest BCUT2D eigenvalue weighted by Crippen LogP contribution is -2.24. The fraction of sp³-hybridized carbons (Fsp3) is 0.400. The summed E-state index contributed by atoms with van der Waals surface area (Å²) in [7, 11) is -3.89. The van der Waals surface area contributed by atoms with E-state index in [2.05, 4.69) is 25.4 Å². The van der Waals surface area contributed by atoms with Gasteiger partial charge in [0.2, 0.25) is 0 Å². The third kappa shape index (κ3) is 7.50. The molecule has 0 spiro atoms. The topological polar surface area (TPSA) is 144 Å². The van der Waals surface area contributed by atoms with Crippen LogP contribution in [0.1, 0.15) is 55.8 Å². The number of nitrogens with zero attached hydrogens (tertiary/aromatic N) is 5. The number of rotatable bonds is 14. The number of aliphatic hydroxyl groups is 1. The second-order valence-electron chi connectivity index (χ2n) is 10.7. The van der Waals surface area contributed by atoms with Crippen molar-refractivity contribution in [2.75, 3.05) is 17.8 Å². The van der Waals surface area contributed by atoms with Crippen LogP contribution in [0, 0.1) is 5.92 Å². The molecule has 0 radical (unpaired) electrons. The van der Waals surface area contributed by atoms with Crippen LogP contribution in [-0.4, -0.2) is 51.4 Å². The fourth-order valence-electron chi connectivity index (χ4n) is 5.37. The van der Waals surface area contributed by atoms with E-state index in [1.807, 2.05) is 18.2 Å². The van der Waals surface area contributed by atoms with E-state index in [1.54, 1.807) is 42.7 Å². The first-order valence-electron chi connectivity index (χ1n) is 14.4. The number of aliphatic hydroxyl groups excluding tert-OH is 1. The second kappa shape index (κ2) is 13.9. The molecule has 1 aliphatic carbocycles. The highest BCUT2D eigenvalue weighted by Gasteiger charge is 2.18. The first-order chi connectivity index (χ1) is 20.4. The van der Waals surface area contributed by atoms with Gasteiger partial charge in [-0.05, 0) is 84.1 Å². The van der Waals surface area contributed by atoms with Crippen LogP contribution in [0.4, 0.5) is 5.69 Å². The zero-order valence-electron chi connectivity index (χ0n) is 23.5. The molecule has 11 nitrogen and oxygen atoms in total. The molecule has 0 bridgehead atoms. The van der Waals surface area contributed by atoms with Crippen molar-refractivity contribution >= 4 is 15.7 Å². The van der Waals surface area contributed by atoms with Crippen LogP contribution in [0.15, 0.2) is 82.7 Å². The maximum Gasteiger partial charge on any atom is 0.368 e. The zero-order valence-corrected chi connectivity index (χ0v) is 24.3. The molecule has 4 aromatic rings. The van der Waals surface area contributed by atoms with Crippen LogP contribution in [0.2, 0.25) is 0 Å². The van der Waals surface area contributed by atoms with Gasteiger partial charge < -0.3 is 10.4 Å². The minimum Gasteiger partial charge on any atom is -0.387 e. The van der Waals surface area contributed by atoms with E-state index in [4.69, 9.17) is 0 Å². The Hall–Kier alpha value is -3.87. The fourth-order valence-corrected chi connectivity index (χ4v) is 6.47. The first kappa shape index (κ1) is 29.6. The molecule has 0 amide bonds. The zero-order chi connectivity index (χ0) is 29.4. The third-order valence-electron chi connectivity index (χ3n) is 7.73. The number of aryl methyl sites for hydroxylation is 1. The molecule has 1 aliphatic rings. The third-order valence-corrected chi connectivity index (χ3v) is 9.11. The van der Waals surface area contributed by atoms with E-state index in [1.165, 1.54) is 47.2 Å². The number of nitrogens with one attached hydrogen (secondary N) is 2. The SMILES string of the molecule is O=c1n(CCCC2CCCC2)nnn1-c1ccc(S(=O)(=O)Nc2ccccc2CCNCC(O)c2cccnc2)cc1. The van der Waals surface area contributed by atoms with Crippen LogP contribution in [0.25, 0.3) is 5.69 Å². The average molecular weight is 592 g/mol. The van der Waals surface area contributed by atoms with Crippen molar-refractivity contribution in [1.29, 1.82) is 0 Å². The van der Waals surface area contributed by atoms with E-state index in [9.17, 15) is 18.3 Å². The molecule has 2 aromatic heterocycles. The second-order valence-corrected chi connectivity index (χ2v) is 12.4. The Bertz CT molecular complexity index is 1600. The molecule has 1 atom stereocenters. The van der Waals surface area contributed by atoms with Crippen molar-refractivity contribution in [3.8, 4) is 5.69 Å². The number of hydrogen-bond donors (Lipinski definition) is 3. The van der Waals surface area contributed by atoms with E-state index in [0.717, 1.165) is 29.9 Å². The number of anilines is 1. The molecule has 1 unspecified atom stereocenters. The Morgan fingerprint density at radius 2 is 1.79 bits per heavy atom. The summed E-state index contributed by atoms with van der Waals surface area (Å²) in [6.45, 7) is 1.41. The summed E-state index contributed by atoms with van der Waals surface area (Å²) in [5.74, 6) is 0.749.